The van der Waals surface area contributed by atoms with E-state index in [2.05, 4.69) is 15.2 Å². The zero-order valence-electron chi connectivity index (χ0n) is 19.4. The molecule has 2 aliphatic heterocycles. The normalized spacial score (nSPS) is 21.9. The van der Waals surface area contributed by atoms with E-state index in [0.29, 0.717) is 24.0 Å². The van der Waals surface area contributed by atoms with Crippen molar-refractivity contribution in [3.8, 4) is 5.75 Å². The van der Waals surface area contributed by atoms with Gasteiger partial charge in [0.25, 0.3) is 0 Å². The average molecular weight is 611 g/mol. The molecule has 1 saturated heterocycles. The molecule has 1 aliphatic carbocycles. The summed E-state index contributed by atoms with van der Waals surface area (Å²) in [5.41, 5.74) is 2.96. The van der Waals surface area contributed by atoms with Gasteiger partial charge in [0.05, 0.1) is 0 Å². The van der Waals surface area contributed by atoms with Crippen LogP contribution in [-0.4, -0.2) is 97.8 Å². The molecule has 3 radical (unpaired) electrons. The van der Waals surface area contributed by atoms with E-state index in [9.17, 15) is 4.79 Å². The number of rotatable bonds is 6. The van der Waals surface area contributed by atoms with Crippen LogP contribution in [0.5, 0.6) is 5.75 Å². The maximum absolute atomic E-state index is 10.9. The zero-order valence-corrected chi connectivity index (χ0v) is 23.3. The van der Waals surface area contributed by atoms with Crippen LogP contribution in [0.25, 0.3) is 0 Å². The first-order chi connectivity index (χ1) is 14.5. The summed E-state index contributed by atoms with van der Waals surface area (Å²) < 4.78 is 7.55. The van der Waals surface area contributed by atoms with E-state index in [0.717, 1.165) is 74.4 Å². The SMILES string of the molecule is CC.CN(C)C.O=CCCC1c2c(OC3CC4(CNC4)C3)ccnc2CCN1[CH2][Pb]. The van der Waals surface area contributed by atoms with Crippen LogP contribution >= 0.6 is 0 Å². The molecule has 6 nitrogen and oxygen atoms in total. The number of hydrogen-bond donors (Lipinski definition) is 1. The standard InChI is InChI=1S/C18H24N3O2.C3H9N.C2H6.Pb/c1-21-7-5-14-17(15(21)3-2-8-22)16(4-6-20-14)23-13-9-18(10-13)11-19-12-18;1-4(2)3;1-2;/h4,6,8,13,15,19H,1-3,5,7,9-12H2;1-3H3;1-2H3;. The van der Waals surface area contributed by atoms with E-state index in [-0.39, 0.29) is 0 Å². The Balaban J connectivity index is 0.000000481. The van der Waals surface area contributed by atoms with Crippen LogP contribution in [0, 0.1) is 5.41 Å². The topological polar surface area (TPSA) is 57.7 Å². The van der Waals surface area contributed by atoms with E-state index >= 15 is 0 Å². The summed E-state index contributed by atoms with van der Waals surface area (Å²) in [6.07, 6.45) is 8.08. The summed E-state index contributed by atoms with van der Waals surface area (Å²) in [6, 6.07) is 2.33. The minimum atomic E-state index is 0.291. The Morgan fingerprint density at radius 3 is 2.53 bits per heavy atom. The molecule has 4 rings (SSSR count). The van der Waals surface area contributed by atoms with Gasteiger partial charge in [-0.25, -0.2) is 0 Å². The first-order valence-electron chi connectivity index (χ1n) is 11.3. The third kappa shape index (κ3) is 6.46. The van der Waals surface area contributed by atoms with Gasteiger partial charge in [0.15, 0.2) is 0 Å². The van der Waals surface area contributed by atoms with Crippen molar-refractivity contribution in [2.45, 2.75) is 58.1 Å². The molecule has 1 N–H and O–H groups in total. The molecule has 2 fully saturated rings. The molecule has 1 spiro atoms. The quantitative estimate of drug-likeness (QED) is 0.395. The zero-order chi connectivity index (χ0) is 22.1. The maximum atomic E-state index is 10.9. The first kappa shape index (κ1) is 25.7. The van der Waals surface area contributed by atoms with Crippen molar-refractivity contribution in [3.63, 3.8) is 0 Å². The number of fused-ring (bicyclic) bond motifs is 1. The Morgan fingerprint density at radius 2 is 2.00 bits per heavy atom. The molecule has 30 heavy (non-hydrogen) atoms. The Bertz CT molecular complexity index is 656. The van der Waals surface area contributed by atoms with Gasteiger partial charge in [-0.1, -0.05) is 13.8 Å². The summed E-state index contributed by atoms with van der Waals surface area (Å²) in [5, 5.41) is 3.38. The predicted octanol–water partition coefficient (Wildman–Crippen LogP) is 2.42. The number of nitrogens with one attached hydrogen (secondary N) is 1. The van der Waals surface area contributed by atoms with Gasteiger partial charge in [-0.3, -0.25) is 0 Å². The predicted molar refractivity (Wildman–Crippen MR) is 123 cm³/mol. The van der Waals surface area contributed by atoms with Gasteiger partial charge in [-0.2, -0.15) is 0 Å². The molecule has 1 aromatic heterocycles. The van der Waals surface area contributed by atoms with Crippen LogP contribution in [-0.2, 0) is 11.2 Å². The van der Waals surface area contributed by atoms with E-state index < -0.39 is 0 Å². The second kappa shape index (κ2) is 12.5. The minimum absolute atomic E-state index is 0.291. The van der Waals surface area contributed by atoms with Gasteiger partial charge in [-0.15, -0.1) is 0 Å². The van der Waals surface area contributed by atoms with Gasteiger partial charge in [0, 0.05) is 0 Å². The number of nitrogens with zero attached hydrogens (tertiary/aromatic N) is 3. The van der Waals surface area contributed by atoms with E-state index in [1.807, 2.05) is 52.2 Å². The van der Waals surface area contributed by atoms with Crippen LogP contribution in [0.1, 0.15) is 56.8 Å². The fraction of sp³-hybridized carbons (Fsp3) is 0.739. The number of pyridine rings is 1. The van der Waals surface area contributed by atoms with Crippen LogP contribution in [0.4, 0.5) is 0 Å². The molecule has 1 unspecified atom stereocenters. The van der Waals surface area contributed by atoms with Crippen molar-refractivity contribution in [1.29, 1.82) is 0 Å². The number of hydrogen-bond acceptors (Lipinski definition) is 6. The molecular weight excluding hydrogens is 571 g/mol. The second-order valence-electron chi connectivity index (χ2n) is 8.74. The Labute approximate surface area is 198 Å². The van der Waals surface area contributed by atoms with Crippen molar-refractivity contribution in [2.75, 3.05) is 44.9 Å². The van der Waals surface area contributed by atoms with Gasteiger partial charge < -0.3 is 4.90 Å². The summed E-state index contributed by atoms with van der Waals surface area (Å²) in [6.45, 7) is 7.35. The van der Waals surface area contributed by atoms with Crippen LogP contribution < -0.4 is 10.1 Å². The van der Waals surface area contributed by atoms with E-state index in [1.54, 1.807) is 0 Å². The summed E-state index contributed by atoms with van der Waals surface area (Å²) in [7, 11) is 6.00. The van der Waals surface area contributed by atoms with Crippen molar-refractivity contribution in [3.05, 3.63) is 23.5 Å². The fourth-order valence-electron chi connectivity index (χ4n) is 4.42. The van der Waals surface area contributed by atoms with Crippen molar-refractivity contribution in [1.82, 2.24) is 20.1 Å². The van der Waals surface area contributed by atoms with E-state index in [1.165, 1.54) is 24.1 Å². The molecule has 1 aromatic rings. The summed E-state index contributed by atoms with van der Waals surface area (Å²) >= 11 is 1.15. The van der Waals surface area contributed by atoms with Crippen LogP contribution in [0.15, 0.2) is 12.3 Å². The molecule has 0 amide bonds. The van der Waals surface area contributed by atoms with Gasteiger partial charge in [0.1, 0.15) is 0 Å². The molecule has 0 bridgehead atoms. The molecular formula is C23H39N4O2Pb. The van der Waals surface area contributed by atoms with Gasteiger partial charge >= 0.3 is 159 Å². The second-order valence-corrected chi connectivity index (χ2v) is 9.97. The molecule has 167 valence electrons. The molecule has 7 heteroatoms. The number of aldehydes is 1. The number of aromatic nitrogens is 1. The Kier molecular flexibility index (Phi) is 10.7. The Morgan fingerprint density at radius 1 is 1.33 bits per heavy atom. The summed E-state index contributed by atoms with van der Waals surface area (Å²) in [5.74, 6) is 1.02. The molecule has 3 heterocycles. The van der Waals surface area contributed by atoms with Crippen molar-refractivity contribution in [2.24, 2.45) is 5.41 Å². The first-order valence-corrected chi connectivity index (χ1v) is 14.0. The molecule has 3 aliphatic rings. The third-order valence-corrected chi connectivity index (χ3v) is 7.40. The van der Waals surface area contributed by atoms with Crippen molar-refractivity contribution >= 4 is 32.1 Å². The average Bonchev–Trinajstić information content (AvgIpc) is 2.68. The van der Waals surface area contributed by atoms with Crippen LogP contribution in [0.3, 0.4) is 0 Å². The van der Waals surface area contributed by atoms with E-state index in [4.69, 9.17) is 4.74 Å². The fourth-order valence-corrected chi connectivity index (χ4v) is 5.89. The third-order valence-electron chi connectivity index (χ3n) is 5.82. The van der Waals surface area contributed by atoms with Gasteiger partial charge in [0.2, 0.25) is 0 Å². The summed E-state index contributed by atoms with van der Waals surface area (Å²) in [4.78, 5) is 20.1. The number of carbonyl (C=O) groups is 1. The van der Waals surface area contributed by atoms with Gasteiger partial charge in [-0.05, 0) is 21.1 Å². The molecule has 1 saturated carbocycles. The monoisotopic (exact) mass is 611 g/mol. The van der Waals surface area contributed by atoms with Crippen LogP contribution in [0.2, 0.25) is 0 Å². The van der Waals surface area contributed by atoms with Crippen molar-refractivity contribution < 1.29 is 9.53 Å². The molecule has 0 aromatic carbocycles. The Hall–Kier alpha value is -0.578. The number of ether oxygens (including phenoxy) is 1. The molecule has 1 atom stereocenters. The number of carbonyl (C=O) groups excluding carboxylic acids is 1.